The SMILES string of the molecule is Cc1ccc2cc(C3=C/C(=C/c4cc(C)n(C5CCCCC5)c4C)C(=O)O3)ccc2c1. The van der Waals surface area contributed by atoms with Crippen LogP contribution in [0.5, 0.6) is 0 Å². The van der Waals surface area contributed by atoms with E-state index < -0.39 is 0 Å². The lowest BCUT2D eigenvalue weighted by Gasteiger charge is -2.26. The number of ether oxygens (including phenoxy) is 1. The molecule has 2 aliphatic rings. The highest BCUT2D eigenvalue weighted by Gasteiger charge is 2.24. The highest BCUT2D eigenvalue weighted by atomic mass is 16.5. The minimum Gasteiger partial charge on any atom is -0.422 e. The van der Waals surface area contributed by atoms with Crippen molar-refractivity contribution in [2.24, 2.45) is 0 Å². The lowest BCUT2D eigenvalue weighted by molar-refractivity contribution is -0.130. The van der Waals surface area contributed by atoms with Gasteiger partial charge in [-0.3, -0.25) is 0 Å². The summed E-state index contributed by atoms with van der Waals surface area (Å²) in [5, 5.41) is 2.34. The number of rotatable bonds is 3. The molecule has 3 aromatic rings. The molecule has 0 amide bonds. The Morgan fingerprint density at radius 3 is 2.48 bits per heavy atom. The van der Waals surface area contributed by atoms with Crippen LogP contribution in [0.25, 0.3) is 22.6 Å². The molecule has 0 spiro atoms. The summed E-state index contributed by atoms with van der Waals surface area (Å²) in [5.74, 6) is 0.348. The number of aromatic nitrogens is 1. The molecule has 2 heterocycles. The third-order valence-corrected chi connectivity index (χ3v) is 6.78. The smallest absolute Gasteiger partial charge is 0.343 e. The Labute approximate surface area is 184 Å². The van der Waals surface area contributed by atoms with Crippen LogP contribution in [-0.2, 0) is 9.53 Å². The summed E-state index contributed by atoms with van der Waals surface area (Å²) in [6.45, 7) is 6.44. The number of hydrogen-bond acceptors (Lipinski definition) is 2. The minimum atomic E-state index is -0.276. The van der Waals surface area contributed by atoms with E-state index in [9.17, 15) is 4.79 Å². The van der Waals surface area contributed by atoms with E-state index >= 15 is 0 Å². The number of carbonyl (C=O) groups excluding carboxylic acids is 1. The van der Waals surface area contributed by atoms with Crippen LogP contribution in [0.1, 0.15) is 66.2 Å². The van der Waals surface area contributed by atoms with E-state index in [2.05, 4.69) is 61.7 Å². The molecule has 0 unspecified atom stereocenters. The van der Waals surface area contributed by atoms with E-state index in [1.54, 1.807) is 0 Å². The molecule has 3 nitrogen and oxygen atoms in total. The number of aryl methyl sites for hydroxylation is 2. The normalized spacial score (nSPS) is 18.6. The van der Waals surface area contributed by atoms with Gasteiger partial charge in [0.15, 0.2) is 0 Å². The lowest BCUT2D eigenvalue weighted by atomic mass is 9.95. The number of carbonyl (C=O) groups is 1. The van der Waals surface area contributed by atoms with Gasteiger partial charge in [0, 0.05) is 23.0 Å². The zero-order chi connectivity index (χ0) is 21.5. The molecule has 0 radical (unpaired) electrons. The maximum absolute atomic E-state index is 12.6. The Bertz CT molecular complexity index is 1240. The van der Waals surface area contributed by atoms with Crippen LogP contribution in [0.2, 0.25) is 0 Å². The van der Waals surface area contributed by atoms with Gasteiger partial charge >= 0.3 is 5.97 Å². The van der Waals surface area contributed by atoms with Crippen molar-refractivity contribution in [1.82, 2.24) is 4.57 Å². The highest BCUT2D eigenvalue weighted by Crippen LogP contribution is 2.34. The van der Waals surface area contributed by atoms with E-state index in [0.717, 1.165) is 16.5 Å². The van der Waals surface area contributed by atoms with Crippen molar-refractivity contribution in [1.29, 1.82) is 0 Å². The number of benzene rings is 2. The molecule has 0 atom stereocenters. The largest absolute Gasteiger partial charge is 0.422 e. The molecule has 31 heavy (non-hydrogen) atoms. The predicted octanol–water partition coefficient (Wildman–Crippen LogP) is 7.05. The van der Waals surface area contributed by atoms with E-state index in [1.807, 2.05) is 18.2 Å². The average Bonchev–Trinajstić information content (AvgIpc) is 3.27. The molecule has 158 valence electrons. The lowest BCUT2D eigenvalue weighted by Crippen LogP contribution is -2.15. The zero-order valence-corrected chi connectivity index (χ0v) is 18.6. The number of hydrogen-bond donors (Lipinski definition) is 0. The molecule has 1 aliphatic heterocycles. The third-order valence-electron chi connectivity index (χ3n) is 6.78. The zero-order valence-electron chi connectivity index (χ0n) is 18.6. The number of esters is 1. The van der Waals surface area contributed by atoms with Gasteiger partial charge in [-0.05, 0) is 74.2 Å². The second-order valence-electron chi connectivity index (χ2n) is 9.05. The van der Waals surface area contributed by atoms with Gasteiger partial charge in [-0.2, -0.15) is 0 Å². The Kier molecular flexibility index (Phi) is 5.05. The van der Waals surface area contributed by atoms with Gasteiger partial charge in [0.05, 0.1) is 5.57 Å². The quantitative estimate of drug-likeness (QED) is 0.341. The van der Waals surface area contributed by atoms with Crippen molar-refractivity contribution < 1.29 is 9.53 Å². The minimum absolute atomic E-state index is 0.276. The Hall–Kier alpha value is -3.07. The molecule has 0 N–H and O–H groups in total. The van der Waals surface area contributed by atoms with Crippen LogP contribution in [0, 0.1) is 20.8 Å². The van der Waals surface area contributed by atoms with Crippen LogP contribution in [0.3, 0.4) is 0 Å². The molecule has 5 rings (SSSR count). The first-order valence-electron chi connectivity index (χ1n) is 11.3. The predicted molar refractivity (Wildman–Crippen MR) is 127 cm³/mol. The molecule has 3 heteroatoms. The molecular formula is C28H29NO2. The average molecular weight is 412 g/mol. The summed E-state index contributed by atoms with van der Waals surface area (Å²) in [5.41, 5.74) is 6.41. The maximum Gasteiger partial charge on any atom is 0.343 e. The number of fused-ring (bicyclic) bond motifs is 1. The van der Waals surface area contributed by atoms with Crippen molar-refractivity contribution >= 4 is 28.6 Å². The Morgan fingerprint density at radius 2 is 1.68 bits per heavy atom. The van der Waals surface area contributed by atoms with Crippen molar-refractivity contribution in [3.8, 4) is 0 Å². The third kappa shape index (κ3) is 3.74. The second kappa shape index (κ2) is 7.88. The summed E-state index contributed by atoms with van der Waals surface area (Å²) in [6.07, 6.45) is 10.3. The van der Waals surface area contributed by atoms with Gasteiger partial charge in [0.1, 0.15) is 5.76 Å². The van der Waals surface area contributed by atoms with Gasteiger partial charge in [-0.15, -0.1) is 0 Å². The van der Waals surface area contributed by atoms with Gasteiger partial charge < -0.3 is 9.30 Å². The summed E-state index contributed by atoms with van der Waals surface area (Å²) < 4.78 is 8.12. The Morgan fingerprint density at radius 1 is 0.935 bits per heavy atom. The summed E-state index contributed by atoms with van der Waals surface area (Å²) in [4.78, 5) is 12.6. The van der Waals surface area contributed by atoms with Crippen LogP contribution >= 0.6 is 0 Å². The fourth-order valence-corrected chi connectivity index (χ4v) is 5.17. The van der Waals surface area contributed by atoms with Gasteiger partial charge in [0.2, 0.25) is 0 Å². The van der Waals surface area contributed by atoms with Crippen molar-refractivity contribution in [3.63, 3.8) is 0 Å². The van der Waals surface area contributed by atoms with Gasteiger partial charge in [-0.1, -0.05) is 55.2 Å². The van der Waals surface area contributed by atoms with Crippen LogP contribution in [0.4, 0.5) is 0 Å². The Balaban J connectivity index is 1.47. The van der Waals surface area contributed by atoms with Gasteiger partial charge in [-0.25, -0.2) is 4.79 Å². The summed E-state index contributed by atoms with van der Waals surface area (Å²) in [6, 6.07) is 15.4. The van der Waals surface area contributed by atoms with Crippen molar-refractivity contribution in [3.05, 3.63) is 82.2 Å². The number of nitrogens with zero attached hydrogens (tertiary/aromatic N) is 1. The summed E-state index contributed by atoms with van der Waals surface area (Å²) in [7, 11) is 0. The van der Waals surface area contributed by atoms with E-state index in [1.165, 1.54) is 54.4 Å². The summed E-state index contributed by atoms with van der Waals surface area (Å²) >= 11 is 0. The number of cyclic esters (lactones) is 1. The molecule has 1 saturated carbocycles. The molecule has 1 fully saturated rings. The first kappa shape index (κ1) is 19.9. The molecule has 1 aliphatic carbocycles. The van der Waals surface area contributed by atoms with Crippen LogP contribution in [0.15, 0.2) is 54.1 Å². The highest BCUT2D eigenvalue weighted by molar-refractivity contribution is 6.05. The molecule has 0 saturated heterocycles. The first-order valence-corrected chi connectivity index (χ1v) is 11.3. The fraction of sp³-hybridized carbons (Fsp3) is 0.321. The standard InChI is InChI=1S/C28H29NO2/c1-18-9-10-22-15-23(12-11-21(22)13-18)27-17-25(28(30)31-27)16-24-14-19(2)29(20(24)3)26-7-5-4-6-8-26/h9-17,26H,4-8H2,1-3H3/b25-16-. The molecule has 0 bridgehead atoms. The van der Waals surface area contributed by atoms with E-state index in [4.69, 9.17) is 4.74 Å². The van der Waals surface area contributed by atoms with Crippen molar-refractivity contribution in [2.45, 2.75) is 58.9 Å². The van der Waals surface area contributed by atoms with E-state index in [-0.39, 0.29) is 5.97 Å². The van der Waals surface area contributed by atoms with Crippen molar-refractivity contribution in [2.75, 3.05) is 0 Å². The first-order chi connectivity index (χ1) is 15.0. The molecule has 2 aromatic carbocycles. The molecular weight excluding hydrogens is 382 g/mol. The topological polar surface area (TPSA) is 31.2 Å². The second-order valence-corrected chi connectivity index (χ2v) is 9.05. The fourth-order valence-electron chi connectivity index (χ4n) is 5.17. The van der Waals surface area contributed by atoms with Crippen LogP contribution < -0.4 is 0 Å². The van der Waals surface area contributed by atoms with Crippen LogP contribution in [-0.4, -0.2) is 10.5 Å². The maximum atomic E-state index is 12.6. The monoisotopic (exact) mass is 411 g/mol. The van der Waals surface area contributed by atoms with E-state index in [0.29, 0.717) is 17.4 Å². The molecule has 1 aromatic heterocycles. The van der Waals surface area contributed by atoms with Gasteiger partial charge in [0.25, 0.3) is 0 Å².